The highest BCUT2D eigenvalue weighted by Crippen LogP contribution is 2.25. The molecule has 2 aliphatic rings. The molecule has 144 valence electrons. The van der Waals surface area contributed by atoms with Gasteiger partial charge in [0.05, 0.1) is 18.9 Å². The van der Waals surface area contributed by atoms with Crippen molar-refractivity contribution in [3.05, 3.63) is 30.4 Å². The van der Waals surface area contributed by atoms with Crippen molar-refractivity contribution in [1.82, 2.24) is 19.9 Å². The number of rotatable bonds is 4. The van der Waals surface area contributed by atoms with E-state index >= 15 is 0 Å². The first-order valence-corrected chi connectivity index (χ1v) is 9.63. The molecule has 0 radical (unpaired) electrons. The molecular weight excluding hydrogens is 342 g/mol. The van der Waals surface area contributed by atoms with Crippen molar-refractivity contribution in [3.63, 3.8) is 0 Å². The zero-order valence-corrected chi connectivity index (χ0v) is 16.1. The third kappa shape index (κ3) is 3.95. The fourth-order valence-electron chi connectivity index (χ4n) is 3.81. The van der Waals surface area contributed by atoms with Gasteiger partial charge in [-0.15, -0.1) is 0 Å². The highest BCUT2D eigenvalue weighted by molar-refractivity contribution is 5.46. The second kappa shape index (κ2) is 8.04. The SMILES string of the molecule is Cc1nccnc1N1CCC(N(C)c2ccnc(N3CCOCC3)n2)CC1. The van der Waals surface area contributed by atoms with Crippen LogP contribution >= 0.6 is 0 Å². The van der Waals surface area contributed by atoms with Gasteiger partial charge in [0.2, 0.25) is 5.95 Å². The predicted octanol–water partition coefficient (Wildman–Crippen LogP) is 1.52. The zero-order valence-electron chi connectivity index (χ0n) is 16.1. The van der Waals surface area contributed by atoms with E-state index in [9.17, 15) is 0 Å². The molecule has 2 fully saturated rings. The Labute approximate surface area is 160 Å². The summed E-state index contributed by atoms with van der Waals surface area (Å²) < 4.78 is 5.43. The Kier molecular flexibility index (Phi) is 5.33. The Morgan fingerprint density at radius 1 is 0.963 bits per heavy atom. The molecule has 0 spiro atoms. The summed E-state index contributed by atoms with van der Waals surface area (Å²) in [6, 6.07) is 2.47. The lowest BCUT2D eigenvalue weighted by Gasteiger charge is -2.38. The number of piperidine rings is 1. The number of hydrogen-bond donors (Lipinski definition) is 0. The average Bonchev–Trinajstić information content (AvgIpc) is 2.74. The number of hydrogen-bond acceptors (Lipinski definition) is 8. The topological polar surface area (TPSA) is 70.5 Å². The van der Waals surface area contributed by atoms with E-state index in [0.29, 0.717) is 6.04 Å². The summed E-state index contributed by atoms with van der Waals surface area (Å²) in [5.41, 5.74) is 0.996. The summed E-state index contributed by atoms with van der Waals surface area (Å²) in [4.78, 5) is 25.0. The zero-order chi connectivity index (χ0) is 18.6. The molecule has 0 aromatic carbocycles. The van der Waals surface area contributed by atoms with Gasteiger partial charge in [-0.2, -0.15) is 4.98 Å². The molecule has 0 atom stereocenters. The van der Waals surface area contributed by atoms with Crippen molar-refractivity contribution >= 4 is 17.6 Å². The Hall–Kier alpha value is -2.48. The summed E-state index contributed by atoms with van der Waals surface area (Å²) >= 11 is 0. The van der Waals surface area contributed by atoms with Gasteiger partial charge in [0, 0.05) is 57.9 Å². The Morgan fingerprint density at radius 2 is 1.70 bits per heavy atom. The molecule has 4 rings (SSSR count). The lowest BCUT2D eigenvalue weighted by molar-refractivity contribution is 0.122. The van der Waals surface area contributed by atoms with Gasteiger partial charge in [0.1, 0.15) is 11.6 Å². The molecule has 2 aromatic heterocycles. The van der Waals surface area contributed by atoms with Crippen molar-refractivity contribution in [2.45, 2.75) is 25.8 Å². The fraction of sp³-hybridized carbons (Fsp3) is 0.579. The molecule has 2 aliphatic heterocycles. The first kappa shape index (κ1) is 17.9. The normalized spacial score (nSPS) is 18.6. The molecule has 2 aromatic rings. The van der Waals surface area contributed by atoms with Crippen molar-refractivity contribution in [3.8, 4) is 0 Å². The number of nitrogens with zero attached hydrogens (tertiary/aromatic N) is 7. The summed E-state index contributed by atoms with van der Waals surface area (Å²) in [7, 11) is 2.14. The van der Waals surface area contributed by atoms with Crippen LogP contribution in [0.15, 0.2) is 24.7 Å². The molecule has 0 unspecified atom stereocenters. The summed E-state index contributed by atoms with van der Waals surface area (Å²) in [5.74, 6) is 2.80. The van der Waals surface area contributed by atoms with Crippen molar-refractivity contribution in [2.75, 3.05) is 61.1 Å². The third-order valence-electron chi connectivity index (χ3n) is 5.45. The number of anilines is 3. The van der Waals surface area contributed by atoms with Gasteiger partial charge in [-0.3, -0.25) is 4.98 Å². The highest BCUT2D eigenvalue weighted by Gasteiger charge is 2.25. The molecule has 2 saturated heterocycles. The molecule has 0 N–H and O–H groups in total. The monoisotopic (exact) mass is 369 g/mol. The largest absolute Gasteiger partial charge is 0.378 e. The van der Waals surface area contributed by atoms with Crippen LogP contribution in [0.1, 0.15) is 18.5 Å². The molecule has 4 heterocycles. The van der Waals surface area contributed by atoms with Crippen LogP contribution in [0.25, 0.3) is 0 Å². The number of ether oxygens (including phenoxy) is 1. The minimum Gasteiger partial charge on any atom is -0.378 e. The highest BCUT2D eigenvalue weighted by atomic mass is 16.5. The molecule has 27 heavy (non-hydrogen) atoms. The van der Waals surface area contributed by atoms with Gasteiger partial charge in [0.15, 0.2) is 0 Å². The predicted molar refractivity (Wildman–Crippen MR) is 105 cm³/mol. The van der Waals surface area contributed by atoms with E-state index in [1.54, 1.807) is 12.4 Å². The van der Waals surface area contributed by atoms with E-state index in [2.05, 4.69) is 36.7 Å². The molecular formula is C19H27N7O. The van der Waals surface area contributed by atoms with Crippen LogP contribution in [-0.4, -0.2) is 72.4 Å². The maximum absolute atomic E-state index is 5.43. The molecule has 0 bridgehead atoms. The van der Waals surface area contributed by atoms with Crippen LogP contribution in [0.5, 0.6) is 0 Å². The van der Waals surface area contributed by atoms with Gasteiger partial charge in [-0.25, -0.2) is 9.97 Å². The fourth-order valence-corrected chi connectivity index (χ4v) is 3.81. The quantitative estimate of drug-likeness (QED) is 0.803. The summed E-state index contributed by atoms with van der Waals surface area (Å²) in [6.45, 7) is 7.17. The molecule has 8 nitrogen and oxygen atoms in total. The van der Waals surface area contributed by atoms with Crippen molar-refractivity contribution < 1.29 is 4.74 Å². The van der Waals surface area contributed by atoms with Gasteiger partial charge in [0.25, 0.3) is 0 Å². The maximum Gasteiger partial charge on any atom is 0.227 e. The van der Waals surface area contributed by atoms with E-state index in [-0.39, 0.29) is 0 Å². The van der Waals surface area contributed by atoms with Gasteiger partial charge >= 0.3 is 0 Å². The first-order valence-electron chi connectivity index (χ1n) is 9.63. The van der Waals surface area contributed by atoms with Crippen molar-refractivity contribution in [1.29, 1.82) is 0 Å². The second-order valence-corrected chi connectivity index (χ2v) is 7.11. The second-order valence-electron chi connectivity index (χ2n) is 7.11. The Balaban J connectivity index is 1.40. The molecule has 0 saturated carbocycles. The van der Waals surface area contributed by atoms with Crippen LogP contribution in [0.2, 0.25) is 0 Å². The third-order valence-corrected chi connectivity index (χ3v) is 5.45. The smallest absolute Gasteiger partial charge is 0.227 e. The molecule has 0 amide bonds. The van der Waals surface area contributed by atoms with E-state index in [1.807, 2.05) is 19.2 Å². The molecule has 0 aliphatic carbocycles. The summed E-state index contributed by atoms with van der Waals surface area (Å²) in [6.07, 6.45) is 7.53. The lowest BCUT2D eigenvalue weighted by atomic mass is 10.0. The van der Waals surface area contributed by atoms with E-state index in [1.165, 1.54) is 0 Å². The van der Waals surface area contributed by atoms with E-state index in [0.717, 1.165) is 75.5 Å². The minimum atomic E-state index is 0.464. The van der Waals surface area contributed by atoms with Crippen LogP contribution in [0, 0.1) is 6.92 Å². The summed E-state index contributed by atoms with van der Waals surface area (Å²) in [5, 5.41) is 0. The maximum atomic E-state index is 5.43. The van der Waals surface area contributed by atoms with Crippen molar-refractivity contribution in [2.24, 2.45) is 0 Å². The Morgan fingerprint density at radius 3 is 2.44 bits per heavy atom. The van der Waals surface area contributed by atoms with Crippen LogP contribution in [0.4, 0.5) is 17.6 Å². The van der Waals surface area contributed by atoms with E-state index in [4.69, 9.17) is 9.72 Å². The van der Waals surface area contributed by atoms with Gasteiger partial charge in [-0.05, 0) is 25.8 Å². The van der Waals surface area contributed by atoms with Crippen LogP contribution in [-0.2, 0) is 4.74 Å². The number of aryl methyl sites for hydroxylation is 1. The van der Waals surface area contributed by atoms with Crippen LogP contribution < -0.4 is 14.7 Å². The van der Waals surface area contributed by atoms with Crippen LogP contribution in [0.3, 0.4) is 0 Å². The lowest BCUT2D eigenvalue weighted by Crippen LogP contribution is -2.44. The van der Waals surface area contributed by atoms with E-state index < -0.39 is 0 Å². The van der Waals surface area contributed by atoms with Gasteiger partial charge in [-0.1, -0.05) is 0 Å². The minimum absolute atomic E-state index is 0.464. The first-order chi connectivity index (χ1) is 13.2. The number of aromatic nitrogens is 4. The molecule has 8 heteroatoms. The number of morpholine rings is 1. The van der Waals surface area contributed by atoms with Gasteiger partial charge < -0.3 is 19.4 Å². The Bertz CT molecular complexity index is 757. The standard InChI is InChI=1S/C19H27N7O/c1-15-18(21-8-7-20-15)25-9-4-16(5-10-25)24(2)17-3-6-22-19(23-17)26-11-13-27-14-12-26/h3,6-8,16H,4-5,9-14H2,1-2H3. The average molecular weight is 369 g/mol.